The van der Waals surface area contributed by atoms with Crippen LogP contribution in [0.5, 0.6) is 11.5 Å². The van der Waals surface area contributed by atoms with E-state index in [1.54, 1.807) is 17.8 Å². The number of carbonyl (C=O) groups excluding carboxylic acids is 1. The van der Waals surface area contributed by atoms with Crippen LogP contribution in [0, 0.1) is 0 Å². The quantitative estimate of drug-likeness (QED) is 0.261. The molecule has 0 radical (unpaired) electrons. The van der Waals surface area contributed by atoms with Crippen LogP contribution in [-0.4, -0.2) is 18.8 Å². The minimum atomic E-state index is -0.172. The van der Waals surface area contributed by atoms with Crippen molar-refractivity contribution in [1.82, 2.24) is 0 Å². The van der Waals surface area contributed by atoms with E-state index in [1.165, 1.54) is 0 Å². The summed E-state index contributed by atoms with van der Waals surface area (Å²) in [5, 5.41) is 2.97. The molecule has 4 rings (SSSR count). The lowest BCUT2D eigenvalue weighted by atomic mass is 10.1. The first-order valence-electron chi connectivity index (χ1n) is 11.2. The molecule has 4 aromatic rings. The van der Waals surface area contributed by atoms with Gasteiger partial charge in [-0.3, -0.25) is 4.79 Å². The summed E-state index contributed by atoms with van der Waals surface area (Å²) in [7, 11) is 0. The second kappa shape index (κ2) is 11.4. The molecule has 0 aromatic heterocycles. The maximum absolute atomic E-state index is 12.9. The highest BCUT2D eigenvalue weighted by molar-refractivity contribution is 7.98. The van der Waals surface area contributed by atoms with Gasteiger partial charge in [-0.05, 0) is 72.8 Å². The number of thioether (sulfide) groups is 1. The van der Waals surface area contributed by atoms with Crippen LogP contribution in [-0.2, 0) is 6.61 Å². The highest BCUT2D eigenvalue weighted by Gasteiger charge is 2.12. The fraction of sp³-hybridized carbons (Fsp3) is 0.138. The van der Waals surface area contributed by atoms with Crippen molar-refractivity contribution in [2.75, 3.05) is 18.2 Å². The molecule has 4 nitrogen and oxygen atoms in total. The zero-order valence-electron chi connectivity index (χ0n) is 19.3. The van der Waals surface area contributed by atoms with E-state index in [9.17, 15) is 4.79 Å². The molecule has 0 heterocycles. The second-order valence-corrected chi connectivity index (χ2v) is 8.50. The molecular weight excluding hydrogens is 442 g/mol. The zero-order chi connectivity index (χ0) is 23.8. The van der Waals surface area contributed by atoms with Crippen molar-refractivity contribution >= 4 is 23.4 Å². The highest BCUT2D eigenvalue weighted by atomic mass is 32.2. The van der Waals surface area contributed by atoms with Gasteiger partial charge in [0.1, 0.15) is 18.1 Å². The van der Waals surface area contributed by atoms with E-state index in [1.807, 2.05) is 92.0 Å². The molecule has 0 aliphatic rings. The molecule has 0 bridgehead atoms. The fourth-order valence-corrected chi connectivity index (χ4v) is 4.03. The number of nitrogens with one attached hydrogen (secondary N) is 1. The molecule has 0 saturated carbocycles. The summed E-state index contributed by atoms with van der Waals surface area (Å²) in [6.45, 7) is 2.77. The Morgan fingerprint density at radius 2 is 1.59 bits per heavy atom. The fourth-order valence-electron chi connectivity index (χ4n) is 3.57. The maximum Gasteiger partial charge on any atom is 0.255 e. The summed E-state index contributed by atoms with van der Waals surface area (Å²) >= 11 is 1.64. The van der Waals surface area contributed by atoms with Crippen molar-refractivity contribution in [2.45, 2.75) is 18.4 Å². The Balaban J connectivity index is 1.48. The number of carbonyl (C=O) groups is 1. The number of hydrogen-bond acceptors (Lipinski definition) is 4. The molecule has 172 valence electrons. The van der Waals surface area contributed by atoms with Gasteiger partial charge in [0, 0.05) is 21.7 Å². The van der Waals surface area contributed by atoms with E-state index in [0.29, 0.717) is 24.5 Å². The molecule has 1 amide bonds. The lowest BCUT2D eigenvalue weighted by Gasteiger charge is -2.14. The summed E-state index contributed by atoms with van der Waals surface area (Å²) in [6.07, 6.45) is 2.01. The summed E-state index contributed by atoms with van der Waals surface area (Å²) < 4.78 is 11.8. The van der Waals surface area contributed by atoms with E-state index in [-0.39, 0.29) is 5.91 Å². The first-order chi connectivity index (χ1) is 16.7. The third kappa shape index (κ3) is 6.00. The summed E-state index contributed by atoms with van der Waals surface area (Å²) in [5.74, 6) is 1.30. The third-order valence-corrected chi connectivity index (χ3v) is 6.03. The van der Waals surface area contributed by atoms with Crippen LogP contribution < -0.4 is 14.8 Å². The van der Waals surface area contributed by atoms with Crippen LogP contribution in [0.4, 0.5) is 5.69 Å². The first-order valence-corrected chi connectivity index (χ1v) is 12.4. The third-order valence-electron chi connectivity index (χ3n) is 5.31. The SMILES string of the molecule is CCOc1ccc(C(=O)Nc2cccc(SC)c2)cc1COc1ccc(-c2ccccc2)cc1. The normalized spacial score (nSPS) is 10.5. The smallest absolute Gasteiger partial charge is 0.255 e. The number of anilines is 1. The van der Waals surface area contributed by atoms with Gasteiger partial charge in [0.05, 0.1) is 6.61 Å². The largest absolute Gasteiger partial charge is 0.493 e. The van der Waals surface area contributed by atoms with Crippen molar-refractivity contribution in [1.29, 1.82) is 0 Å². The van der Waals surface area contributed by atoms with E-state index < -0.39 is 0 Å². The van der Waals surface area contributed by atoms with Crippen LogP contribution >= 0.6 is 11.8 Å². The average Bonchev–Trinajstić information content (AvgIpc) is 2.89. The first kappa shape index (κ1) is 23.5. The van der Waals surface area contributed by atoms with E-state index in [0.717, 1.165) is 33.0 Å². The second-order valence-electron chi connectivity index (χ2n) is 7.62. The Morgan fingerprint density at radius 3 is 2.32 bits per heavy atom. The average molecular weight is 470 g/mol. The number of hydrogen-bond donors (Lipinski definition) is 1. The monoisotopic (exact) mass is 469 g/mol. The number of ether oxygens (including phenoxy) is 2. The molecule has 0 atom stereocenters. The Morgan fingerprint density at radius 1 is 0.824 bits per heavy atom. The zero-order valence-corrected chi connectivity index (χ0v) is 20.1. The van der Waals surface area contributed by atoms with Crippen LogP contribution in [0.3, 0.4) is 0 Å². The van der Waals surface area contributed by atoms with Gasteiger partial charge in [0.15, 0.2) is 0 Å². The van der Waals surface area contributed by atoms with Crippen LogP contribution in [0.2, 0.25) is 0 Å². The molecule has 0 aliphatic carbocycles. The lowest BCUT2D eigenvalue weighted by molar-refractivity contribution is 0.102. The van der Waals surface area contributed by atoms with Crippen molar-refractivity contribution in [2.24, 2.45) is 0 Å². The van der Waals surface area contributed by atoms with Crippen LogP contribution in [0.1, 0.15) is 22.8 Å². The molecule has 0 aliphatic heterocycles. The van der Waals surface area contributed by atoms with E-state index in [4.69, 9.17) is 9.47 Å². The predicted octanol–water partition coefficient (Wildman–Crippen LogP) is 7.31. The van der Waals surface area contributed by atoms with Gasteiger partial charge in [0.2, 0.25) is 0 Å². The van der Waals surface area contributed by atoms with Gasteiger partial charge < -0.3 is 14.8 Å². The summed E-state index contributed by atoms with van der Waals surface area (Å²) in [4.78, 5) is 14.0. The Bertz CT molecular complexity index is 1240. The molecule has 1 N–H and O–H groups in total. The Kier molecular flexibility index (Phi) is 7.89. The molecule has 0 spiro atoms. The molecule has 0 fully saturated rings. The Hall–Kier alpha value is -3.70. The molecule has 0 saturated heterocycles. The van der Waals surface area contributed by atoms with E-state index in [2.05, 4.69) is 17.4 Å². The molecular formula is C29H27NO3S. The Labute approximate surface area is 204 Å². The maximum atomic E-state index is 12.9. The molecule has 34 heavy (non-hydrogen) atoms. The standard InChI is InChI=1S/C29H27NO3S/c1-3-32-28-17-14-23(29(31)30-25-10-7-11-27(19-25)34-2)18-24(28)20-33-26-15-12-22(13-16-26)21-8-5-4-6-9-21/h4-19H,3,20H2,1-2H3,(H,30,31). The van der Waals surface area contributed by atoms with Gasteiger partial charge in [-0.1, -0.05) is 48.5 Å². The van der Waals surface area contributed by atoms with Crippen LogP contribution in [0.15, 0.2) is 102 Å². The summed E-state index contributed by atoms with van der Waals surface area (Å²) in [6, 6.07) is 31.4. The van der Waals surface area contributed by atoms with Gasteiger partial charge in [-0.15, -0.1) is 11.8 Å². The molecule has 5 heteroatoms. The van der Waals surface area contributed by atoms with Crippen molar-refractivity contribution in [3.05, 3.63) is 108 Å². The minimum Gasteiger partial charge on any atom is -0.493 e. The van der Waals surface area contributed by atoms with E-state index >= 15 is 0 Å². The molecule has 0 unspecified atom stereocenters. The summed E-state index contributed by atoms with van der Waals surface area (Å²) in [5.41, 5.74) is 4.43. The van der Waals surface area contributed by atoms with Crippen LogP contribution in [0.25, 0.3) is 11.1 Å². The predicted molar refractivity (Wildman–Crippen MR) is 140 cm³/mol. The van der Waals surface area contributed by atoms with Gasteiger partial charge in [0.25, 0.3) is 5.91 Å². The molecule has 4 aromatic carbocycles. The highest BCUT2D eigenvalue weighted by Crippen LogP contribution is 2.26. The van der Waals surface area contributed by atoms with Gasteiger partial charge in [-0.25, -0.2) is 0 Å². The number of amides is 1. The lowest BCUT2D eigenvalue weighted by Crippen LogP contribution is -2.13. The van der Waals surface area contributed by atoms with Crippen molar-refractivity contribution < 1.29 is 14.3 Å². The van der Waals surface area contributed by atoms with Gasteiger partial charge in [-0.2, -0.15) is 0 Å². The topological polar surface area (TPSA) is 47.6 Å². The van der Waals surface area contributed by atoms with Gasteiger partial charge >= 0.3 is 0 Å². The number of rotatable bonds is 9. The van der Waals surface area contributed by atoms with Crippen molar-refractivity contribution in [3.63, 3.8) is 0 Å². The number of benzene rings is 4. The van der Waals surface area contributed by atoms with Crippen molar-refractivity contribution in [3.8, 4) is 22.6 Å². The minimum absolute atomic E-state index is 0.172.